The second-order valence-electron chi connectivity index (χ2n) is 3.12. The van der Waals surface area contributed by atoms with Gasteiger partial charge >= 0.3 is 0 Å². The molecule has 5 nitrogen and oxygen atoms in total. The van der Waals surface area contributed by atoms with Crippen molar-refractivity contribution in [3.63, 3.8) is 0 Å². The lowest BCUT2D eigenvalue weighted by Crippen LogP contribution is -1.99. The zero-order valence-electron chi connectivity index (χ0n) is 8.72. The zero-order valence-corrected chi connectivity index (χ0v) is 10.3. The molecular weight excluding hydrogens is 272 g/mol. The monoisotopic (exact) mass is 282 g/mol. The topological polar surface area (TPSA) is 66.0 Å². The van der Waals surface area contributed by atoms with E-state index in [4.69, 9.17) is 10.5 Å². The van der Waals surface area contributed by atoms with E-state index in [-0.39, 0.29) is 0 Å². The smallest absolute Gasteiger partial charge is 0.160 e. The molecule has 6 heteroatoms. The van der Waals surface area contributed by atoms with Crippen LogP contribution in [0.1, 0.15) is 6.92 Å². The van der Waals surface area contributed by atoms with Gasteiger partial charge in [0.05, 0.1) is 29.2 Å². The number of pyridine rings is 1. The van der Waals surface area contributed by atoms with E-state index in [9.17, 15) is 0 Å². The molecule has 0 aliphatic carbocycles. The quantitative estimate of drug-likeness (QED) is 0.935. The van der Waals surface area contributed by atoms with Gasteiger partial charge in [-0.25, -0.2) is 4.68 Å². The van der Waals surface area contributed by atoms with Crippen LogP contribution in [0, 0.1) is 0 Å². The molecule has 0 spiro atoms. The van der Waals surface area contributed by atoms with Gasteiger partial charge in [-0.1, -0.05) is 0 Å². The average molecular weight is 283 g/mol. The largest absolute Gasteiger partial charge is 0.492 e. The first-order chi connectivity index (χ1) is 7.70. The number of nitrogens with zero attached hydrogens (tertiary/aromatic N) is 3. The van der Waals surface area contributed by atoms with E-state index < -0.39 is 0 Å². The third-order valence-electron chi connectivity index (χ3n) is 1.97. The maximum Gasteiger partial charge on any atom is 0.160 e. The molecular formula is C10H11BrN4O. The van der Waals surface area contributed by atoms with E-state index in [1.54, 1.807) is 23.3 Å². The van der Waals surface area contributed by atoms with Crippen molar-refractivity contribution in [2.24, 2.45) is 0 Å². The highest BCUT2D eigenvalue weighted by atomic mass is 79.9. The number of nitrogen functional groups attached to an aromatic ring is 1. The van der Waals surface area contributed by atoms with E-state index >= 15 is 0 Å². The molecule has 0 aliphatic rings. The first-order valence-electron chi connectivity index (χ1n) is 4.79. The molecule has 2 rings (SSSR count). The predicted octanol–water partition coefficient (Wildman–Crippen LogP) is 2.01. The van der Waals surface area contributed by atoms with Crippen LogP contribution in [0.5, 0.6) is 5.75 Å². The minimum atomic E-state index is 0.446. The molecule has 2 heterocycles. The minimum absolute atomic E-state index is 0.446. The van der Waals surface area contributed by atoms with Gasteiger partial charge in [0.15, 0.2) is 5.82 Å². The molecule has 2 aromatic heterocycles. The lowest BCUT2D eigenvalue weighted by Gasteiger charge is -2.04. The van der Waals surface area contributed by atoms with Crippen molar-refractivity contribution in [2.45, 2.75) is 6.92 Å². The van der Waals surface area contributed by atoms with Gasteiger partial charge in [-0.3, -0.25) is 4.98 Å². The van der Waals surface area contributed by atoms with Crippen molar-refractivity contribution >= 4 is 21.7 Å². The van der Waals surface area contributed by atoms with Crippen LogP contribution in [0.15, 0.2) is 29.1 Å². The third kappa shape index (κ3) is 2.16. The van der Waals surface area contributed by atoms with E-state index in [2.05, 4.69) is 26.0 Å². The lowest BCUT2D eigenvalue weighted by molar-refractivity contribution is 0.338. The van der Waals surface area contributed by atoms with E-state index in [1.165, 1.54) is 0 Å². The van der Waals surface area contributed by atoms with Gasteiger partial charge in [0, 0.05) is 12.3 Å². The fourth-order valence-electron chi connectivity index (χ4n) is 1.28. The van der Waals surface area contributed by atoms with Crippen LogP contribution in [0.25, 0.3) is 5.69 Å². The maximum absolute atomic E-state index is 5.64. The van der Waals surface area contributed by atoms with Gasteiger partial charge in [-0.05, 0) is 22.9 Å². The van der Waals surface area contributed by atoms with Crippen molar-refractivity contribution in [1.29, 1.82) is 0 Å². The van der Waals surface area contributed by atoms with Gasteiger partial charge in [-0.15, -0.1) is 5.10 Å². The Kier molecular flexibility index (Phi) is 3.09. The Morgan fingerprint density at radius 2 is 2.31 bits per heavy atom. The first-order valence-corrected chi connectivity index (χ1v) is 5.59. The summed E-state index contributed by atoms with van der Waals surface area (Å²) in [6.07, 6.45) is 5.14. The van der Waals surface area contributed by atoms with Crippen LogP contribution < -0.4 is 10.5 Å². The van der Waals surface area contributed by atoms with Gasteiger partial charge < -0.3 is 10.5 Å². The molecule has 0 saturated heterocycles. The summed E-state index contributed by atoms with van der Waals surface area (Å²) >= 11 is 3.30. The van der Waals surface area contributed by atoms with Crippen LogP contribution in [0.3, 0.4) is 0 Å². The van der Waals surface area contributed by atoms with Crippen LogP contribution in [-0.2, 0) is 0 Å². The highest BCUT2D eigenvalue weighted by Crippen LogP contribution is 2.21. The predicted molar refractivity (Wildman–Crippen MR) is 64.6 cm³/mol. The number of halogens is 1. The number of rotatable bonds is 3. The van der Waals surface area contributed by atoms with Gasteiger partial charge in [-0.2, -0.15) is 0 Å². The Bertz CT molecular complexity index is 478. The molecule has 0 bridgehead atoms. The number of hydrogen-bond donors (Lipinski definition) is 1. The normalized spacial score (nSPS) is 10.4. The van der Waals surface area contributed by atoms with Crippen molar-refractivity contribution < 1.29 is 4.74 Å². The van der Waals surface area contributed by atoms with E-state index in [1.807, 2.05) is 13.0 Å². The number of aromatic nitrogens is 3. The highest BCUT2D eigenvalue weighted by Gasteiger charge is 2.05. The molecule has 84 valence electrons. The van der Waals surface area contributed by atoms with Crippen molar-refractivity contribution in [3.05, 3.63) is 29.1 Å². The maximum atomic E-state index is 5.64. The van der Waals surface area contributed by atoms with Gasteiger partial charge in [0.25, 0.3) is 0 Å². The number of anilines is 1. The Morgan fingerprint density at radius 3 is 2.94 bits per heavy atom. The fourth-order valence-corrected chi connectivity index (χ4v) is 1.55. The Morgan fingerprint density at radius 1 is 1.50 bits per heavy atom. The SMILES string of the molecule is CCOc1cncc(-n2cc(Br)c(N)n2)c1. The summed E-state index contributed by atoms with van der Waals surface area (Å²) < 4.78 is 7.76. The fraction of sp³-hybridized carbons (Fsp3) is 0.200. The summed E-state index contributed by atoms with van der Waals surface area (Å²) in [5.74, 6) is 1.16. The number of nitrogens with two attached hydrogens (primary N) is 1. The zero-order chi connectivity index (χ0) is 11.5. The number of ether oxygens (including phenoxy) is 1. The Labute approximate surface area is 101 Å². The molecule has 0 saturated carbocycles. The molecule has 0 unspecified atom stereocenters. The molecule has 0 amide bonds. The van der Waals surface area contributed by atoms with Crippen molar-refractivity contribution in [2.75, 3.05) is 12.3 Å². The highest BCUT2D eigenvalue weighted by molar-refractivity contribution is 9.10. The molecule has 2 N–H and O–H groups in total. The Balaban J connectivity index is 2.36. The summed E-state index contributed by atoms with van der Waals surface area (Å²) in [4.78, 5) is 4.08. The van der Waals surface area contributed by atoms with E-state index in [0.717, 1.165) is 10.2 Å². The van der Waals surface area contributed by atoms with Crippen LogP contribution in [0.2, 0.25) is 0 Å². The Hall–Kier alpha value is -1.56. The standard InChI is InChI=1S/C10H11BrN4O/c1-2-16-8-3-7(4-13-5-8)15-6-9(11)10(12)14-15/h3-6H,2H2,1H3,(H2,12,14). The second-order valence-corrected chi connectivity index (χ2v) is 3.97. The summed E-state index contributed by atoms with van der Waals surface area (Å²) in [5.41, 5.74) is 6.45. The molecule has 0 atom stereocenters. The summed E-state index contributed by atoms with van der Waals surface area (Å²) in [6.45, 7) is 2.53. The van der Waals surface area contributed by atoms with Gasteiger partial charge in [0.1, 0.15) is 5.75 Å². The first kappa shape index (κ1) is 10.9. The lowest BCUT2D eigenvalue weighted by atomic mass is 10.4. The third-order valence-corrected chi connectivity index (χ3v) is 2.58. The molecule has 16 heavy (non-hydrogen) atoms. The molecule has 2 aromatic rings. The van der Waals surface area contributed by atoms with E-state index in [0.29, 0.717) is 18.2 Å². The second kappa shape index (κ2) is 4.52. The average Bonchev–Trinajstić information content (AvgIpc) is 2.60. The molecule has 0 aromatic carbocycles. The summed E-state index contributed by atoms with van der Waals surface area (Å²) in [5, 5.41) is 4.13. The van der Waals surface area contributed by atoms with Crippen molar-refractivity contribution in [3.8, 4) is 11.4 Å². The van der Waals surface area contributed by atoms with Crippen LogP contribution >= 0.6 is 15.9 Å². The molecule has 0 radical (unpaired) electrons. The van der Waals surface area contributed by atoms with Gasteiger partial charge in [0.2, 0.25) is 0 Å². The van der Waals surface area contributed by atoms with Crippen LogP contribution in [-0.4, -0.2) is 21.4 Å². The summed E-state index contributed by atoms with van der Waals surface area (Å²) in [6, 6.07) is 1.86. The summed E-state index contributed by atoms with van der Waals surface area (Å²) in [7, 11) is 0. The van der Waals surface area contributed by atoms with Crippen LogP contribution in [0.4, 0.5) is 5.82 Å². The van der Waals surface area contributed by atoms with Crippen molar-refractivity contribution in [1.82, 2.24) is 14.8 Å². The number of hydrogen-bond acceptors (Lipinski definition) is 4. The minimum Gasteiger partial charge on any atom is -0.492 e. The molecule has 0 aliphatic heterocycles. The molecule has 0 fully saturated rings.